The summed E-state index contributed by atoms with van der Waals surface area (Å²) in [5.74, 6) is -0.437. The van der Waals surface area contributed by atoms with Crippen molar-refractivity contribution in [3.05, 3.63) is 20.8 Å². The summed E-state index contributed by atoms with van der Waals surface area (Å²) in [7, 11) is 0. The van der Waals surface area contributed by atoms with Crippen molar-refractivity contribution >= 4 is 33.2 Å². The Balaban J connectivity index is 2.76. The first-order valence-corrected chi connectivity index (χ1v) is 6.08. The smallest absolute Gasteiger partial charge is 0.262 e. The van der Waals surface area contributed by atoms with Crippen LogP contribution in [0.25, 0.3) is 0 Å². The third kappa shape index (κ3) is 3.02. The van der Waals surface area contributed by atoms with E-state index in [2.05, 4.69) is 21.2 Å². The minimum Gasteiger partial charge on any atom is -0.394 e. The average molecular weight is 310 g/mol. The number of rotatable bonds is 5. The van der Waals surface area contributed by atoms with E-state index in [-0.39, 0.29) is 0 Å². The van der Waals surface area contributed by atoms with Crippen LogP contribution < -0.4 is 5.32 Å². The van der Waals surface area contributed by atoms with Gasteiger partial charge in [-0.2, -0.15) is 0 Å². The maximum Gasteiger partial charge on any atom is 0.262 e. The van der Waals surface area contributed by atoms with Gasteiger partial charge in [0.1, 0.15) is 5.54 Å². The molecule has 0 fully saturated rings. The van der Waals surface area contributed by atoms with E-state index < -0.39 is 31.3 Å². The topological polar surface area (TPSA) is 89.8 Å². The third-order valence-corrected chi connectivity index (χ3v) is 3.71. The summed E-state index contributed by atoms with van der Waals surface area (Å²) < 4.78 is 0.806. The van der Waals surface area contributed by atoms with Gasteiger partial charge in [-0.05, 0) is 28.1 Å². The number of thiophene rings is 1. The van der Waals surface area contributed by atoms with Gasteiger partial charge in [-0.25, -0.2) is 0 Å². The fourth-order valence-corrected chi connectivity index (χ4v) is 2.29. The van der Waals surface area contributed by atoms with Crippen LogP contribution in [0.3, 0.4) is 0 Å². The van der Waals surface area contributed by atoms with Crippen LogP contribution in [0.4, 0.5) is 0 Å². The highest BCUT2D eigenvalue weighted by Crippen LogP contribution is 2.22. The molecule has 1 heterocycles. The number of carbonyl (C=O) groups is 1. The Hall–Kier alpha value is -0.470. The Bertz CT molecular complexity index is 356. The summed E-state index contributed by atoms with van der Waals surface area (Å²) in [6.07, 6.45) is 0. The van der Waals surface area contributed by atoms with Gasteiger partial charge in [0.25, 0.3) is 5.91 Å². The molecule has 0 bridgehead atoms. The van der Waals surface area contributed by atoms with Gasteiger partial charge < -0.3 is 20.6 Å². The predicted molar refractivity (Wildman–Crippen MR) is 63.5 cm³/mol. The van der Waals surface area contributed by atoms with E-state index in [1.165, 1.54) is 11.3 Å². The van der Waals surface area contributed by atoms with E-state index in [0.717, 1.165) is 3.79 Å². The Morgan fingerprint density at radius 2 is 1.88 bits per heavy atom. The molecule has 0 saturated heterocycles. The second-order valence-corrected chi connectivity index (χ2v) is 5.78. The zero-order chi connectivity index (χ0) is 12.2. The molecule has 1 aromatic rings. The highest BCUT2D eigenvalue weighted by molar-refractivity contribution is 9.11. The minimum atomic E-state index is -1.38. The van der Waals surface area contributed by atoms with Crippen molar-refractivity contribution in [3.63, 3.8) is 0 Å². The van der Waals surface area contributed by atoms with Gasteiger partial charge in [-0.1, -0.05) is 0 Å². The number of amides is 1. The predicted octanol–water partition coefficient (Wildman–Crippen LogP) is -0.0439. The van der Waals surface area contributed by atoms with Gasteiger partial charge in [0, 0.05) is 0 Å². The van der Waals surface area contributed by atoms with E-state index in [4.69, 9.17) is 15.3 Å². The molecule has 0 aliphatic carbocycles. The molecule has 0 atom stereocenters. The highest BCUT2D eigenvalue weighted by Gasteiger charge is 2.30. The molecule has 4 N–H and O–H groups in total. The molecular formula is C9H12BrNO4S. The monoisotopic (exact) mass is 309 g/mol. The number of hydrogen-bond donors (Lipinski definition) is 4. The molecule has 7 heteroatoms. The number of carbonyl (C=O) groups excluding carboxylic acids is 1. The maximum absolute atomic E-state index is 11.7. The van der Waals surface area contributed by atoms with Crippen LogP contribution in [0.15, 0.2) is 15.9 Å². The standard InChI is InChI=1S/C9H12BrNO4S/c10-7-2-1-6(16-7)8(15)11-9(3-12,4-13)5-14/h1-2,12-14H,3-5H2,(H,11,15). The van der Waals surface area contributed by atoms with Crippen LogP contribution in [-0.2, 0) is 0 Å². The molecule has 0 aliphatic rings. The Kier molecular flexibility index (Phi) is 4.88. The Labute approximate surface area is 105 Å². The van der Waals surface area contributed by atoms with Gasteiger partial charge in [0.15, 0.2) is 0 Å². The Morgan fingerprint density at radius 1 is 1.31 bits per heavy atom. The van der Waals surface area contributed by atoms with Crippen LogP contribution in [0.1, 0.15) is 9.67 Å². The first kappa shape index (κ1) is 13.6. The normalized spacial score (nSPS) is 11.5. The summed E-state index contributed by atoms with van der Waals surface area (Å²) in [6.45, 7) is -1.59. The van der Waals surface area contributed by atoms with Crippen LogP contribution >= 0.6 is 27.3 Å². The number of nitrogens with one attached hydrogen (secondary N) is 1. The quantitative estimate of drug-likeness (QED) is 0.614. The van der Waals surface area contributed by atoms with Gasteiger partial charge >= 0.3 is 0 Å². The molecule has 1 amide bonds. The lowest BCUT2D eigenvalue weighted by Crippen LogP contribution is -2.56. The lowest BCUT2D eigenvalue weighted by Gasteiger charge is -2.28. The zero-order valence-corrected chi connectivity index (χ0v) is 10.7. The van der Waals surface area contributed by atoms with Crippen molar-refractivity contribution in [2.24, 2.45) is 0 Å². The molecule has 0 aliphatic heterocycles. The molecule has 0 unspecified atom stereocenters. The minimum absolute atomic E-state index is 0.437. The van der Waals surface area contributed by atoms with E-state index >= 15 is 0 Å². The maximum atomic E-state index is 11.7. The van der Waals surface area contributed by atoms with Crippen molar-refractivity contribution in [2.45, 2.75) is 5.54 Å². The molecular weight excluding hydrogens is 298 g/mol. The third-order valence-electron chi connectivity index (χ3n) is 2.08. The summed E-state index contributed by atoms with van der Waals surface area (Å²) >= 11 is 4.45. The second kappa shape index (κ2) is 5.74. The summed E-state index contributed by atoms with van der Waals surface area (Å²) in [4.78, 5) is 12.1. The largest absolute Gasteiger partial charge is 0.394 e. The average Bonchev–Trinajstić information content (AvgIpc) is 2.73. The van der Waals surface area contributed by atoms with Crippen molar-refractivity contribution in [3.8, 4) is 0 Å². The van der Waals surface area contributed by atoms with Crippen molar-refractivity contribution in [2.75, 3.05) is 19.8 Å². The van der Waals surface area contributed by atoms with Gasteiger partial charge in [0.05, 0.1) is 28.5 Å². The number of aliphatic hydroxyl groups is 3. The molecule has 0 saturated carbocycles. The fraction of sp³-hybridized carbons (Fsp3) is 0.444. The van der Waals surface area contributed by atoms with Gasteiger partial charge in [0.2, 0.25) is 0 Å². The molecule has 0 radical (unpaired) electrons. The fourth-order valence-electron chi connectivity index (χ4n) is 1.01. The van der Waals surface area contributed by atoms with Gasteiger partial charge in [-0.3, -0.25) is 4.79 Å². The number of aliphatic hydroxyl groups excluding tert-OH is 3. The SMILES string of the molecule is O=C(NC(CO)(CO)CO)c1ccc(Br)s1. The molecule has 5 nitrogen and oxygen atoms in total. The highest BCUT2D eigenvalue weighted by atomic mass is 79.9. The van der Waals surface area contributed by atoms with Crippen molar-refractivity contribution in [1.82, 2.24) is 5.32 Å². The summed E-state index contributed by atoms with van der Waals surface area (Å²) in [5.41, 5.74) is -1.38. The van der Waals surface area contributed by atoms with E-state index in [9.17, 15) is 4.79 Å². The molecule has 0 aromatic carbocycles. The van der Waals surface area contributed by atoms with Crippen LogP contribution in [0, 0.1) is 0 Å². The van der Waals surface area contributed by atoms with E-state index in [1.807, 2.05) is 0 Å². The van der Waals surface area contributed by atoms with Crippen LogP contribution in [0.5, 0.6) is 0 Å². The summed E-state index contributed by atoms with van der Waals surface area (Å²) in [5, 5.41) is 29.5. The molecule has 0 spiro atoms. The lowest BCUT2D eigenvalue weighted by molar-refractivity contribution is 0.0377. The Morgan fingerprint density at radius 3 is 2.25 bits per heavy atom. The lowest BCUT2D eigenvalue weighted by atomic mass is 10.0. The first-order valence-electron chi connectivity index (χ1n) is 4.47. The molecule has 16 heavy (non-hydrogen) atoms. The first-order chi connectivity index (χ1) is 7.56. The molecule has 90 valence electrons. The van der Waals surface area contributed by atoms with E-state index in [1.54, 1.807) is 12.1 Å². The molecule has 1 rings (SSSR count). The van der Waals surface area contributed by atoms with E-state index in [0.29, 0.717) is 4.88 Å². The summed E-state index contributed by atoms with van der Waals surface area (Å²) in [6, 6.07) is 3.33. The van der Waals surface area contributed by atoms with Crippen LogP contribution in [0.2, 0.25) is 0 Å². The van der Waals surface area contributed by atoms with Crippen molar-refractivity contribution < 1.29 is 20.1 Å². The molecule has 1 aromatic heterocycles. The van der Waals surface area contributed by atoms with Crippen molar-refractivity contribution in [1.29, 1.82) is 0 Å². The van der Waals surface area contributed by atoms with Gasteiger partial charge in [-0.15, -0.1) is 11.3 Å². The number of halogens is 1. The van der Waals surface area contributed by atoms with Crippen LogP contribution in [-0.4, -0.2) is 46.6 Å². The zero-order valence-electron chi connectivity index (χ0n) is 8.31. The second-order valence-electron chi connectivity index (χ2n) is 3.31. The number of hydrogen-bond acceptors (Lipinski definition) is 5.